The summed E-state index contributed by atoms with van der Waals surface area (Å²) >= 11 is 0. The third-order valence-corrected chi connectivity index (χ3v) is 3.86. The Balaban J connectivity index is 1.97. The molecule has 0 bridgehead atoms. The van der Waals surface area contributed by atoms with Gasteiger partial charge in [-0.25, -0.2) is 4.68 Å². The molecule has 1 aromatic heterocycles. The molecule has 0 saturated carbocycles. The van der Waals surface area contributed by atoms with Crippen LogP contribution < -0.4 is 15.8 Å². The van der Waals surface area contributed by atoms with Crippen molar-refractivity contribution in [2.24, 2.45) is 0 Å². The van der Waals surface area contributed by atoms with Crippen LogP contribution in [0.1, 0.15) is 13.8 Å². The van der Waals surface area contributed by atoms with Gasteiger partial charge in [0.05, 0.1) is 37.8 Å². The Kier molecular flexibility index (Phi) is 5.66. The first-order valence-corrected chi connectivity index (χ1v) is 7.70. The van der Waals surface area contributed by atoms with Crippen LogP contribution in [-0.2, 0) is 11.3 Å². The van der Waals surface area contributed by atoms with Crippen molar-refractivity contribution in [1.82, 2.24) is 15.1 Å². The van der Waals surface area contributed by atoms with Crippen molar-refractivity contribution in [3.05, 3.63) is 40.8 Å². The monoisotopic (exact) mass is 303 g/mol. The van der Waals surface area contributed by atoms with Crippen molar-refractivity contribution < 1.29 is 9.69 Å². The van der Waals surface area contributed by atoms with Crippen LogP contribution in [0.2, 0.25) is 0 Å². The Bertz CT molecular complexity index is 692. The molecule has 6 nitrogen and oxygen atoms in total. The molecule has 0 saturated heterocycles. The Morgan fingerprint density at radius 3 is 2.73 bits per heavy atom. The van der Waals surface area contributed by atoms with Gasteiger partial charge >= 0.3 is 0 Å². The zero-order chi connectivity index (χ0) is 15.9. The Morgan fingerprint density at radius 1 is 1.27 bits per heavy atom. The molecule has 1 heterocycles. The molecule has 0 aliphatic rings. The molecule has 2 N–H and O–H groups in total. The second kappa shape index (κ2) is 7.70. The second-order valence-corrected chi connectivity index (χ2v) is 5.25. The minimum absolute atomic E-state index is 0.0444. The fourth-order valence-electron chi connectivity index (χ4n) is 2.41. The molecule has 0 atom stereocenters. The molecule has 0 fully saturated rings. The van der Waals surface area contributed by atoms with Crippen LogP contribution in [0.5, 0.6) is 0 Å². The van der Waals surface area contributed by atoms with E-state index in [1.54, 1.807) is 18.3 Å². The van der Waals surface area contributed by atoms with E-state index in [9.17, 15) is 9.59 Å². The average Bonchev–Trinajstić information content (AvgIpc) is 2.54. The predicted octanol–water partition coefficient (Wildman–Crippen LogP) is -0.563. The maximum absolute atomic E-state index is 12.3. The van der Waals surface area contributed by atoms with Crippen LogP contribution in [0.4, 0.5) is 0 Å². The molecule has 118 valence electrons. The highest BCUT2D eigenvalue weighted by atomic mass is 16.2. The Hall–Kier alpha value is -2.21. The first-order valence-electron chi connectivity index (χ1n) is 7.70. The fourth-order valence-corrected chi connectivity index (χ4v) is 2.41. The molecule has 2 aromatic rings. The second-order valence-electron chi connectivity index (χ2n) is 5.25. The molecule has 0 unspecified atom stereocenters. The van der Waals surface area contributed by atoms with Gasteiger partial charge in [0, 0.05) is 5.39 Å². The van der Waals surface area contributed by atoms with Gasteiger partial charge in [-0.15, -0.1) is 0 Å². The average molecular weight is 303 g/mol. The number of nitrogens with zero attached hydrogens (tertiary/aromatic N) is 2. The van der Waals surface area contributed by atoms with E-state index < -0.39 is 0 Å². The van der Waals surface area contributed by atoms with E-state index in [0.29, 0.717) is 11.9 Å². The Morgan fingerprint density at radius 2 is 2.00 bits per heavy atom. The van der Waals surface area contributed by atoms with E-state index in [1.807, 2.05) is 12.1 Å². The first-order chi connectivity index (χ1) is 10.7. The highest BCUT2D eigenvalue weighted by molar-refractivity contribution is 5.81. The van der Waals surface area contributed by atoms with Gasteiger partial charge in [0.1, 0.15) is 6.54 Å². The molecular formula is C16H23N4O2+. The summed E-state index contributed by atoms with van der Waals surface area (Å²) in [4.78, 5) is 25.6. The van der Waals surface area contributed by atoms with Crippen molar-refractivity contribution in [1.29, 1.82) is 0 Å². The number of carbonyl (C=O) groups excluding carboxylic acids is 1. The minimum Gasteiger partial charge on any atom is -0.349 e. The summed E-state index contributed by atoms with van der Waals surface area (Å²) < 4.78 is 1.21. The Labute approximate surface area is 129 Å². The van der Waals surface area contributed by atoms with Crippen LogP contribution in [0.25, 0.3) is 10.8 Å². The number of hydrogen-bond acceptors (Lipinski definition) is 3. The van der Waals surface area contributed by atoms with Crippen LogP contribution in [0, 0.1) is 0 Å². The summed E-state index contributed by atoms with van der Waals surface area (Å²) in [5.41, 5.74) is -0.234. The third-order valence-electron chi connectivity index (χ3n) is 3.86. The van der Waals surface area contributed by atoms with Gasteiger partial charge in [-0.3, -0.25) is 9.59 Å². The van der Waals surface area contributed by atoms with Crippen molar-refractivity contribution >= 4 is 16.7 Å². The molecule has 1 amide bonds. The maximum atomic E-state index is 12.3. The van der Waals surface area contributed by atoms with E-state index >= 15 is 0 Å². The summed E-state index contributed by atoms with van der Waals surface area (Å²) in [6, 6.07) is 7.25. The fraction of sp³-hybridized carbons (Fsp3) is 0.438. The molecule has 2 rings (SSSR count). The summed E-state index contributed by atoms with van der Waals surface area (Å²) in [7, 11) is 0. The quantitative estimate of drug-likeness (QED) is 0.720. The lowest BCUT2D eigenvalue weighted by Crippen LogP contribution is -3.12. The lowest BCUT2D eigenvalue weighted by atomic mass is 10.2. The molecule has 22 heavy (non-hydrogen) atoms. The lowest BCUT2D eigenvalue weighted by molar-refractivity contribution is -0.895. The van der Waals surface area contributed by atoms with Crippen molar-refractivity contribution in [2.75, 3.05) is 26.2 Å². The number of quaternary nitrogens is 1. The highest BCUT2D eigenvalue weighted by Gasteiger charge is 2.09. The number of aromatic nitrogens is 2. The standard InChI is InChI=1S/C16H22N4O2/c1-3-19(4-2)10-9-17-15(21)12-20-16(22)14-8-6-5-7-13(14)11-18-20/h5-8,11H,3-4,9-10,12H2,1-2H3,(H,17,21)/p+1. The van der Waals surface area contributed by atoms with Crippen LogP contribution >= 0.6 is 0 Å². The van der Waals surface area contributed by atoms with E-state index in [2.05, 4.69) is 24.3 Å². The third kappa shape index (κ3) is 3.92. The van der Waals surface area contributed by atoms with E-state index in [1.165, 1.54) is 9.58 Å². The molecular weight excluding hydrogens is 280 g/mol. The van der Waals surface area contributed by atoms with Gasteiger partial charge in [0.25, 0.3) is 5.56 Å². The SMILES string of the molecule is CC[NH+](CC)CCNC(=O)Cn1ncc2ccccc2c1=O. The van der Waals surface area contributed by atoms with E-state index in [0.717, 1.165) is 25.0 Å². The highest BCUT2D eigenvalue weighted by Crippen LogP contribution is 2.05. The smallest absolute Gasteiger partial charge is 0.275 e. The zero-order valence-electron chi connectivity index (χ0n) is 13.1. The maximum Gasteiger partial charge on any atom is 0.275 e. The van der Waals surface area contributed by atoms with Crippen LogP contribution in [0.15, 0.2) is 35.3 Å². The van der Waals surface area contributed by atoms with Crippen molar-refractivity contribution in [2.45, 2.75) is 20.4 Å². The van der Waals surface area contributed by atoms with E-state index in [-0.39, 0.29) is 18.0 Å². The number of hydrogen-bond donors (Lipinski definition) is 2. The van der Waals surface area contributed by atoms with Gasteiger partial charge in [0.2, 0.25) is 5.91 Å². The van der Waals surface area contributed by atoms with Gasteiger partial charge in [-0.05, 0) is 19.9 Å². The molecule has 1 aromatic carbocycles. The molecule has 0 radical (unpaired) electrons. The number of likely N-dealkylation sites (N-methyl/N-ethyl adjacent to an activating group) is 1. The number of rotatable bonds is 7. The van der Waals surface area contributed by atoms with Gasteiger partial charge in [-0.2, -0.15) is 5.10 Å². The number of fused-ring (bicyclic) bond motifs is 1. The van der Waals surface area contributed by atoms with Crippen molar-refractivity contribution in [3.63, 3.8) is 0 Å². The topological polar surface area (TPSA) is 68.4 Å². The van der Waals surface area contributed by atoms with Gasteiger partial charge in [-0.1, -0.05) is 18.2 Å². The van der Waals surface area contributed by atoms with Crippen LogP contribution in [0.3, 0.4) is 0 Å². The summed E-state index contributed by atoms with van der Waals surface area (Å²) in [5.74, 6) is -0.184. The minimum atomic E-state index is -0.234. The summed E-state index contributed by atoms with van der Waals surface area (Å²) in [5, 5.41) is 8.27. The van der Waals surface area contributed by atoms with Crippen LogP contribution in [-0.4, -0.2) is 41.9 Å². The summed E-state index contributed by atoms with van der Waals surface area (Å²) in [6.07, 6.45) is 1.62. The molecule has 0 spiro atoms. The molecule has 0 aliphatic carbocycles. The first kappa shape index (κ1) is 16.2. The molecule has 0 aliphatic heterocycles. The predicted molar refractivity (Wildman–Crippen MR) is 85.9 cm³/mol. The lowest BCUT2D eigenvalue weighted by Gasteiger charge is -2.15. The normalized spacial score (nSPS) is 11.0. The van der Waals surface area contributed by atoms with E-state index in [4.69, 9.17) is 0 Å². The molecule has 6 heteroatoms. The summed E-state index contributed by atoms with van der Waals surface area (Å²) in [6.45, 7) is 7.78. The zero-order valence-corrected chi connectivity index (χ0v) is 13.1. The van der Waals surface area contributed by atoms with Gasteiger partial charge < -0.3 is 10.2 Å². The number of nitrogens with one attached hydrogen (secondary N) is 2. The number of carbonyl (C=O) groups is 1. The number of benzene rings is 1. The van der Waals surface area contributed by atoms with Gasteiger partial charge in [0.15, 0.2) is 0 Å². The largest absolute Gasteiger partial charge is 0.349 e. The van der Waals surface area contributed by atoms with Crippen molar-refractivity contribution in [3.8, 4) is 0 Å². The number of amides is 1.